The first-order valence-electron chi connectivity index (χ1n) is 6.68. The molecule has 0 spiro atoms. The molecule has 0 aromatic carbocycles. The van der Waals surface area contributed by atoms with Gasteiger partial charge in [0.25, 0.3) is 0 Å². The van der Waals surface area contributed by atoms with E-state index < -0.39 is 0 Å². The molecule has 2 saturated carbocycles. The van der Waals surface area contributed by atoms with Crippen molar-refractivity contribution < 1.29 is 0 Å². The molecule has 2 heteroatoms. The minimum Gasteiger partial charge on any atom is -0.317 e. The molecule has 2 aliphatic carbocycles. The number of rotatable bonds is 4. The second-order valence-electron chi connectivity index (χ2n) is 5.46. The van der Waals surface area contributed by atoms with Crippen LogP contribution in [0.25, 0.3) is 0 Å². The lowest BCUT2D eigenvalue weighted by molar-refractivity contribution is 0.222. The van der Waals surface area contributed by atoms with E-state index in [0.29, 0.717) is 0 Å². The van der Waals surface area contributed by atoms with Crippen molar-refractivity contribution in [3.05, 3.63) is 0 Å². The van der Waals surface area contributed by atoms with E-state index >= 15 is 0 Å². The first-order valence-corrected chi connectivity index (χ1v) is 6.68. The van der Waals surface area contributed by atoms with Crippen molar-refractivity contribution in [2.75, 3.05) is 20.6 Å². The second-order valence-corrected chi connectivity index (χ2v) is 5.46. The van der Waals surface area contributed by atoms with Crippen LogP contribution in [0.5, 0.6) is 0 Å². The van der Waals surface area contributed by atoms with Gasteiger partial charge in [-0.2, -0.15) is 0 Å². The van der Waals surface area contributed by atoms with E-state index in [1.165, 1.54) is 51.5 Å². The number of nitrogens with one attached hydrogen (secondary N) is 1. The standard InChI is InChI=1S/C13H26N2/c1-14-13-7-5-3-4-6-11(13)10-15(2)12-8-9-12/h11-14H,3-10H2,1-2H3. The summed E-state index contributed by atoms with van der Waals surface area (Å²) < 4.78 is 0. The second kappa shape index (κ2) is 5.31. The Morgan fingerprint density at radius 3 is 2.47 bits per heavy atom. The van der Waals surface area contributed by atoms with Crippen LogP contribution in [-0.4, -0.2) is 37.6 Å². The Labute approximate surface area is 94.4 Å². The molecule has 0 heterocycles. The molecular weight excluding hydrogens is 184 g/mol. The molecule has 2 aliphatic rings. The molecule has 2 atom stereocenters. The summed E-state index contributed by atoms with van der Waals surface area (Å²) in [5.74, 6) is 0.892. The van der Waals surface area contributed by atoms with Crippen molar-refractivity contribution >= 4 is 0 Å². The van der Waals surface area contributed by atoms with Crippen LogP contribution in [0.1, 0.15) is 44.9 Å². The van der Waals surface area contributed by atoms with E-state index in [0.717, 1.165) is 18.0 Å². The molecule has 2 fully saturated rings. The fraction of sp³-hybridized carbons (Fsp3) is 1.00. The van der Waals surface area contributed by atoms with Crippen LogP contribution in [0.15, 0.2) is 0 Å². The van der Waals surface area contributed by atoms with Crippen LogP contribution in [0.2, 0.25) is 0 Å². The van der Waals surface area contributed by atoms with Gasteiger partial charge in [-0.15, -0.1) is 0 Å². The van der Waals surface area contributed by atoms with E-state index in [1.807, 2.05) is 0 Å². The zero-order chi connectivity index (χ0) is 10.7. The van der Waals surface area contributed by atoms with Gasteiger partial charge in [0.1, 0.15) is 0 Å². The quantitative estimate of drug-likeness (QED) is 0.716. The van der Waals surface area contributed by atoms with Crippen LogP contribution in [0.4, 0.5) is 0 Å². The van der Waals surface area contributed by atoms with Crippen LogP contribution >= 0.6 is 0 Å². The molecule has 0 amide bonds. The van der Waals surface area contributed by atoms with Gasteiger partial charge in [-0.05, 0) is 45.7 Å². The zero-order valence-electron chi connectivity index (χ0n) is 10.3. The molecule has 2 unspecified atom stereocenters. The highest BCUT2D eigenvalue weighted by Crippen LogP contribution is 2.29. The highest BCUT2D eigenvalue weighted by molar-refractivity contribution is 4.87. The van der Waals surface area contributed by atoms with Crippen LogP contribution < -0.4 is 5.32 Å². The van der Waals surface area contributed by atoms with E-state index in [1.54, 1.807) is 0 Å². The lowest BCUT2D eigenvalue weighted by atomic mass is 9.94. The molecule has 0 aliphatic heterocycles. The lowest BCUT2D eigenvalue weighted by Crippen LogP contribution is -2.39. The molecule has 2 rings (SSSR count). The smallest absolute Gasteiger partial charge is 0.0104 e. The Bertz CT molecular complexity index is 189. The Morgan fingerprint density at radius 1 is 1.07 bits per heavy atom. The van der Waals surface area contributed by atoms with Crippen molar-refractivity contribution in [3.63, 3.8) is 0 Å². The van der Waals surface area contributed by atoms with Gasteiger partial charge >= 0.3 is 0 Å². The molecule has 0 aromatic heterocycles. The van der Waals surface area contributed by atoms with Gasteiger partial charge in [0.2, 0.25) is 0 Å². The fourth-order valence-corrected chi connectivity index (χ4v) is 3.02. The SMILES string of the molecule is CNC1CCCCCC1CN(C)C1CC1. The Hall–Kier alpha value is -0.0800. The molecule has 2 nitrogen and oxygen atoms in total. The summed E-state index contributed by atoms with van der Waals surface area (Å²) in [4.78, 5) is 2.60. The van der Waals surface area contributed by atoms with E-state index in [-0.39, 0.29) is 0 Å². The van der Waals surface area contributed by atoms with Crippen molar-refractivity contribution in [3.8, 4) is 0 Å². The summed E-state index contributed by atoms with van der Waals surface area (Å²) in [6, 6.07) is 1.69. The summed E-state index contributed by atoms with van der Waals surface area (Å²) in [5, 5.41) is 3.53. The van der Waals surface area contributed by atoms with Gasteiger partial charge in [-0.1, -0.05) is 19.3 Å². The number of hydrogen-bond donors (Lipinski definition) is 1. The third kappa shape index (κ3) is 3.18. The minimum atomic E-state index is 0.772. The Morgan fingerprint density at radius 2 is 1.80 bits per heavy atom. The topological polar surface area (TPSA) is 15.3 Å². The van der Waals surface area contributed by atoms with Crippen molar-refractivity contribution in [1.82, 2.24) is 10.2 Å². The third-order valence-corrected chi connectivity index (χ3v) is 4.22. The van der Waals surface area contributed by atoms with E-state index in [9.17, 15) is 0 Å². The Kier molecular flexibility index (Phi) is 4.04. The summed E-state index contributed by atoms with van der Waals surface area (Å²) in [6.45, 7) is 1.32. The first kappa shape index (κ1) is 11.4. The summed E-state index contributed by atoms with van der Waals surface area (Å²) in [6.07, 6.45) is 10.0. The molecule has 1 N–H and O–H groups in total. The third-order valence-electron chi connectivity index (χ3n) is 4.22. The maximum absolute atomic E-state index is 3.53. The average molecular weight is 210 g/mol. The van der Waals surface area contributed by atoms with Crippen molar-refractivity contribution in [1.29, 1.82) is 0 Å². The Balaban J connectivity index is 1.84. The molecule has 0 bridgehead atoms. The van der Waals surface area contributed by atoms with Gasteiger partial charge in [0, 0.05) is 18.6 Å². The highest BCUT2D eigenvalue weighted by Gasteiger charge is 2.30. The summed E-state index contributed by atoms with van der Waals surface area (Å²) >= 11 is 0. The lowest BCUT2D eigenvalue weighted by Gasteiger charge is -2.29. The number of hydrogen-bond acceptors (Lipinski definition) is 2. The van der Waals surface area contributed by atoms with E-state index in [4.69, 9.17) is 0 Å². The normalized spacial score (nSPS) is 33.0. The van der Waals surface area contributed by atoms with Gasteiger partial charge in [0.15, 0.2) is 0 Å². The average Bonchev–Trinajstić information content (AvgIpc) is 3.05. The van der Waals surface area contributed by atoms with Gasteiger partial charge in [0.05, 0.1) is 0 Å². The predicted octanol–water partition coefficient (Wildman–Crippen LogP) is 2.25. The maximum atomic E-state index is 3.53. The highest BCUT2D eigenvalue weighted by atomic mass is 15.2. The number of nitrogens with zero attached hydrogens (tertiary/aromatic N) is 1. The monoisotopic (exact) mass is 210 g/mol. The summed E-state index contributed by atoms with van der Waals surface area (Å²) in [5.41, 5.74) is 0. The van der Waals surface area contributed by atoms with E-state index in [2.05, 4.69) is 24.3 Å². The van der Waals surface area contributed by atoms with Crippen molar-refractivity contribution in [2.45, 2.75) is 57.0 Å². The van der Waals surface area contributed by atoms with Crippen LogP contribution in [-0.2, 0) is 0 Å². The fourth-order valence-electron chi connectivity index (χ4n) is 3.02. The largest absolute Gasteiger partial charge is 0.317 e. The van der Waals surface area contributed by atoms with Gasteiger partial charge < -0.3 is 10.2 Å². The van der Waals surface area contributed by atoms with Crippen LogP contribution in [0.3, 0.4) is 0 Å². The molecular formula is C13H26N2. The first-order chi connectivity index (χ1) is 7.31. The molecule has 88 valence electrons. The molecule has 0 radical (unpaired) electrons. The molecule has 15 heavy (non-hydrogen) atoms. The van der Waals surface area contributed by atoms with Gasteiger partial charge in [-0.25, -0.2) is 0 Å². The maximum Gasteiger partial charge on any atom is 0.0104 e. The van der Waals surface area contributed by atoms with Gasteiger partial charge in [-0.3, -0.25) is 0 Å². The van der Waals surface area contributed by atoms with Crippen molar-refractivity contribution in [2.24, 2.45) is 5.92 Å². The molecule has 0 saturated heterocycles. The zero-order valence-corrected chi connectivity index (χ0v) is 10.3. The minimum absolute atomic E-state index is 0.772. The summed E-state index contributed by atoms with van der Waals surface area (Å²) in [7, 11) is 4.45. The van der Waals surface area contributed by atoms with Crippen LogP contribution in [0, 0.1) is 5.92 Å². The predicted molar refractivity (Wildman–Crippen MR) is 65.1 cm³/mol. The molecule has 0 aromatic rings.